The summed E-state index contributed by atoms with van der Waals surface area (Å²) < 4.78 is 5.47. The largest absolute Gasteiger partial charge is 0.389 e. The van der Waals surface area contributed by atoms with E-state index in [-0.39, 0.29) is 17.6 Å². The Bertz CT molecular complexity index is 251. The second-order valence-electron chi connectivity index (χ2n) is 5.54. The first-order chi connectivity index (χ1) is 7.87. The third kappa shape index (κ3) is 6.61. The monoisotopic (exact) mass is 244 g/mol. The quantitative estimate of drug-likeness (QED) is 0.616. The molecule has 0 aromatic rings. The lowest BCUT2D eigenvalue weighted by Gasteiger charge is -2.22. The molecule has 1 amide bonds. The highest BCUT2D eigenvalue weighted by Gasteiger charge is 2.20. The normalized spacial score (nSPS) is 22.6. The van der Waals surface area contributed by atoms with Crippen LogP contribution in [-0.4, -0.2) is 48.5 Å². The van der Waals surface area contributed by atoms with E-state index >= 15 is 0 Å². The maximum atomic E-state index is 11.0. The summed E-state index contributed by atoms with van der Waals surface area (Å²) in [5.41, 5.74) is -0.222. The minimum atomic E-state index is -0.508. The molecule has 0 bridgehead atoms. The van der Waals surface area contributed by atoms with Gasteiger partial charge in [0.15, 0.2) is 0 Å². The molecule has 1 rings (SSSR count). The molecular formula is C12H24N2O3. The predicted molar refractivity (Wildman–Crippen MR) is 65.7 cm³/mol. The van der Waals surface area contributed by atoms with E-state index in [4.69, 9.17) is 4.74 Å². The summed E-state index contributed by atoms with van der Waals surface area (Å²) in [5, 5.41) is 15.7. The van der Waals surface area contributed by atoms with E-state index in [1.54, 1.807) is 0 Å². The second kappa shape index (κ2) is 6.33. The van der Waals surface area contributed by atoms with Gasteiger partial charge in [-0.3, -0.25) is 4.79 Å². The van der Waals surface area contributed by atoms with Crippen LogP contribution in [0.3, 0.4) is 0 Å². The molecule has 100 valence electrons. The van der Waals surface area contributed by atoms with Crippen molar-refractivity contribution in [1.29, 1.82) is 0 Å². The fourth-order valence-corrected chi connectivity index (χ4v) is 1.66. The maximum absolute atomic E-state index is 11.0. The molecule has 1 fully saturated rings. The van der Waals surface area contributed by atoms with E-state index < -0.39 is 6.10 Å². The second-order valence-corrected chi connectivity index (χ2v) is 5.54. The van der Waals surface area contributed by atoms with Gasteiger partial charge in [0, 0.05) is 25.6 Å². The topological polar surface area (TPSA) is 70.6 Å². The Labute approximate surface area is 103 Å². The highest BCUT2D eigenvalue weighted by molar-refractivity contribution is 5.78. The van der Waals surface area contributed by atoms with Gasteiger partial charge in [-0.05, 0) is 27.2 Å². The number of hydrogen-bond acceptors (Lipinski definition) is 4. The summed E-state index contributed by atoms with van der Waals surface area (Å²) in [6.07, 6.45) is 0.981. The number of nitrogens with one attached hydrogen (secondary N) is 2. The van der Waals surface area contributed by atoms with Crippen molar-refractivity contribution in [2.45, 2.75) is 51.4 Å². The van der Waals surface area contributed by atoms with Crippen molar-refractivity contribution in [3.05, 3.63) is 0 Å². The third-order valence-electron chi connectivity index (χ3n) is 2.56. The van der Waals surface area contributed by atoms with E-state index in [1.807, 2.05) is 20.8 Å². The van der Waals surface area contributed by atoms with E-state index in [9.17, 15) is 9.90 Å². The SMILES string of the molecule is CC(C)(C)OCC(O)CNCC1CCC(=O)N1. The van der Waals surface area contributed by atoms with Crippen LogP contribution >= 0.6 is 0 Å². The van der Waals surface area contributed by atoms with Gasteiger partial charge in [0.1, 0.15) is 0 Å². The fraction of sp³-hybridized carbons (Fsp3) is 0.917. The molecule has 1 aliphatic heterocycles. The van der Waals surface area contributed by atoms with Crippen molar-refractivity contribution in [3.8, 4) is 0 Å². The van der Waals surface area contributed by atoms with Gasteiger partial charge in [-0.25, -0.2) is 0 Å². The third-order valence-corrected chi connectivity index (χ3v) is 2.56. The van der Waals surface area contributed by atoms with Crippen molar-refractivity contribution in [1.82, 2.24) is 10.6 Å². The van der Waals surface area contributed by atoms with Crippen LogP contribution < -0.4 is 10.6 Å². The molecule has 1 aliphatic rings. The Balaban J connectivity index is 2.04. The lowest BCUT2D eigenvalue weighted by atomic mass is 10.2. The molecule has 1 saturated heterocycles. The van der Waals surface area contributed by atoms with E-state index in [2.05, 4.69) is 10.6 Å². The number of carbonyl (C=O) groups excluding carboxylic acids is 1. The first kappa shape index (κ1) is 14.4. The number of aliphatic hydroxyl groups is 1. The predicted octanol–water partition coefficient (Wildman–Crippen LogP) is 0.0306. The summed E-state index contributed by atoms with van der Waals surface area (Å²) in [4.78, 5) is 11.0. The molecule has 2 atom stereocenters. The summed E-state index contributed by atoms with van der Waals surface area (Å²) in [5.74, 6) is 0.119. The maximum Gasteiger partial charge on any atom is 0.220 e. The molecule has 5 heteroatoms. The molecule has 0 aromatic carbocycles. The summed E-state index contributed by atoms with van der Waals surface area (Å²) in [6.45, 7) is 7.40. The number of ether oxygens (including phenoxy) is 1. The zero-order chi connectivity index (χ0) is 12.9. The zero-order valence-corrected chi connectivity index (χ0v) is 11.0. The van der Waals surface area contributed by atoms with Gasteiger partial charge in [-0.1, -0.05) is 0 Å². The Morgan fingerprint density at radius 2 is 2.29 bits per heavy atom. The number of carbonyl (C=O) groups is 1. The number of aliphatic hydroxyl groups excluding tert-OH is 1. The van der Waals surface area contributed by atoms with E-state index in [0.29, 0.717) is 26.1 Å². The molecule has 0 aliphatic carbocycles. The molecule has 0 spiro atoms. The Kier molecular flexibility index (Phi) is 5.36. The van der Waals surface area contributed by atoms with Gasteiger partial charge in [0.25, 0.3) is 0 Å². The van der Waals surface area contributed by atoms with Crippen LogP contribution in [0.4, 0.5) is 0 Å². The molecule has 0 saturated carbocycles. The Morgan fingerprint density at radius 3 is 2.82 bits per heavy atom. The smallest absolute Gasteiger partial charge is 0.220 e. The molecule has 2 unspecified atom stereocenters. The van der Waals surface area contributed by atoms with Gasteiger partial charge < -0.3 is 20.5 Å². The Morgan fingerprint density at radius 1 is 1.59 bits per heavy atom. The summed E-state index contributed by atoms with van der Waals surface area (Å²) in [7, 11) is 0. The van der Waals surface area contributed by atoms with E-state index in [1.165, 1.54) is 0 Å². The van der Waals surface area contributed by atoms with Crippen LogP contribution in [0.15, 0.2) is 0 Å². The van der Waals surface area contributed by atoms with Crippen molar-refractivity contribution >= 4 is 5.91 Å². The molecule has 0 radical (unpaired) electrons. The molecule has 5 nitrogen and oxygen atoms in total. The zero-order valence-electron chi connectivity index (χ0n) is 11.0. The summed E-state index contributed by atoms with van der Waals surface area (Å²) in [6, 6.07) is 0.207. The number of rotatable bonds is 6. The van der Waals surface area contributed by atoms with Gasteiger partial charge in [-0.15, -0.1) is 0 Å². The molecule has 0 aromatic heterocycles. The van der Waals surface area contributed by atoms with Crippen LogP contribution in [-0.2, 0) is 9.53 Å². The van der Waals surface area contributed by atoms with Crippen LogP contribution in [0, 0.1) is 0 Å². The Hall–Kier alpha value is -0.650. The van der Waals surface area contributed by atoms with Gasteiger partial charge in [0.05, 0.1) is 18.3 Å². The molecule has 1 heterocycles. The first-order valence-corrected chi connectivity index (χ1v) is 6.19. The first-order valence-electron chi connectivity index (χ1n) is 6.19. The minimum absolute atomic E-state index is 0.119. The van der Waals surface area contributed by atoms with Gasteiger partial charge >= 0.3 is 0 Å². The van der Waals surface area contributed by atoms with E-state index in [0.717, 1.165) is 6.42 Å². The lowest BCUT2D eigenvalue weighted by Crippen LogP contribution is -2.40. The van der Waals surface area contributed by atoms with Crippen LogP contribution in [0.2, 0.25) is 0 Å². The average molecular weight is 244 g/mol. The van der Waals surface area contributed by atoms with Crippen LogP contribution in [0.1, 0.15) is 33.6 Å². The van der Waals surface area contributed by atoms with Crippen LogP contribution in [0.25, 0.3) is 0 Å². The van der Waals surface area contributed by atoms with Gasteiger partial charge in [0.2, 0.25) is 5.91 Å². The fourth-order valence-electron chi connectivity index (χ4n) is 1.66. The highest BCUT2D eigenvalue weighted by atomic mass is 16.5. The highest BCUT2D eigenvalue weighted by Crippen LogP contribution is 2.07. The molecule has 17 heavy (non-hydrogen) atoms. The van der Waals surface area contributed by atoms with Gasteiger partial charge in [-0.2, -0.15) is 0 Å². The average Bonchev–Trinajstić information content (AvgIpc) is 2.60. The van der Waals surface area contributed by atoms with Crippen molar-refractivity contribution < 1.29 is 14.6 Å². The van der Waals surface area contributed by atoms with Crippen LogP contribution in [0.5, 0.6) is 0 Å². The lowest BCUT2D eigenvalue weighted by molar-refractivity contribution is -0.119. The van der Waals surface area contributed by atoms with Crippen molar-refractivity contribution in [2.75, 3.05) is 19.7 Å². The molecular weight excluding hydrogens is 220 g/mol. The number of amides is 1. The van der Waals surface area contributed by atoms with Crippen molar-refractivity contribution in [2.24, 2.45) is 0 Å². The van der Waals surface area contributed by atoms with Crippen molar-refractivity contribution in [3.63, 3.8) is 0 Å². The standard InChI is InChI=1S/C12H24N2O3/c1-12(2,3)17-8-10(15)7-13-6-9-4-5-11(16)14-9/h9-10,13,15H,4-8H2,1-3H3,(H,14,16). The molecule has 3 N–H and O–H groups in total. The summed E-state index contributed by atoms with van der Waals surface area (Å²) >= 11 is 0. The number of hydrogen-bond donors (Lipinski definition) is 3. The minimum Gasteiger partial charge on any atom is -0.389 e.